The molecule has 1 rings (SSSR count). The molecule has 0 aromatic rings. The SMILES string of the molecule is CON(C)C(=O)C1=CN1. The van der Waals surface area contributed by atoms with Crippen LogP contribution in [0.3, 0.4) is 0 Å². The number of hydrogen-bond donors (Lipinski definition) is 1. The van der Waals surface area contributed by atoms with Crippen molar-refractivity contribution in [2.24, 2.45) is 0 Å². The van der Waals surface area contributed by atoms with Gasteiger partial charge in [-0.25, -0.2) is 5.06 Å². The molecule has 1 aliphatic rings. The molecule has 0 radical (unpaired) electrons. The van der Waals surface area contributed by atoms with Gasteiger partial charge in [-0.05, 0) is 0 Å². The van der Waals surface area contributed by atoms with E-state index in [1.54, 1.807) is 13.2 Å². The summed E-state index contributed by atoms with van der Waals surface area (Å²) in [6, 6.07) is 0. The standard InChI is InChI=1S/C5H8N2O2/c1-7(9-2)5(8)4-3-6-4/h3,6H,1-2H3. The Bertz CT molecular complexity index is 164. The number of nitrogens with zero attached hydrogens (tertiary/aromatic N) is 1. The van der Waals surface area contributed by atoms with E-state index in [9.17, 15) is 4.79 Å². The van der Waals surface area contributed by atoms with Crippen LogP contribution in [-0.2, 0) is 9.63 Å². The van der Waals surface area contributed by atoms with Gasteiger partial charge in [0.15, 0.2) is 0 Å². The summed E-state index contributed by atoms with van der Waals surface area (Å²) in [6.45, 7) is 0. The van der Waals surface area contributed by atoms with Gasteiger partial charge in [0.1, 0.15) is 5.70 Å². The van der Waals surface area contributed by atoms with Crippen molar-refractivity contribution in [3.05, 3.63) is 11.9 Å². The Hall–Kier alpha value is -1.03. The largest absolute Gasteiger partial charge is 0.354 e. The molecule has 0 saturated heterocycles. The third kappa shape index (κ3) is 1.20. The van der Waals surface area contributed by atoms with Crippen LogP contribution in [0.25, 0.3) is 0 Å². The number of nitrogens with one attached hydrogen (secondary N) is 1. The molecule has 0 atom stereocenters. The Morgan fingerprint density at radius 1 is 1.89 bits per heavy atom. The molecule has 0 saturated carbocycles. The molecule has 0 bridgehead atoms. The molecule has 1 aliphatic heterocycles. The number of hydroxylamine groups is 2. The molecule has 50 valence electrons. The van der Waals surface area contributed by atoms with Crippen LogP contribution >= 0.6 is 0 Å². The first-order valence-electron chi connectivity index (χ1n) is 2.54. The van der Waals surface area contributed by atoms with Gasteiger partial charge in [0.25, 0.3) is 5.91 Å². The fraction of sp³-hybridized carbons (Fsp3) is 0.400. The Kier molecular flexibility index (Phi) is 1.40. The topological polar surface area (TPSA) is 51.5 Å². The lowest BCUT2D eigenvalue weighted by Crippen LogP contribution is -2.25. The number of carbonyl (C=O) groups excluding carboxylic acids is 1. The lowest BCUT2D eigenvalue weighted by Gasteiger charge is -2.09. The van der Waals surface area contributed by atoms with Gasteiger partial charge in [0.05, 0.1) is 7.11 Å². The van der Waals surface area contributed by atoms with Crippen LogP contribution in [0.4, 0.5) is 0 Å². The average molecular weight is 128 g/mol. The lowest BCUT2D eigenvalue weighted by atomic mass is 10.6. The number of carbonyl (C=O) groups is 1. The second-order valence-corrected chi connectivity index (χ2v) is 1.69. The highest BCUT2D eigenvalue weighted by Gasteiger charge is 2.20. The van der Waals surface area contributed by atoms with Crippen molar-refractivity contribution in [1.82, 2.24) is 10.4 Å². The van der Waals surface area contributed by atoms with E-state index in [1.165, 1.54) is 7.11 Å². The second-order valence-electron chi connectivity index (χ2n) is 1.69. The molecule has 4 nitrogen and oxygen atoms in total. The molecule has 0 spiro atoms. The third-order valence-electron chi connectivity index (χ3n) is 1.08. The predicted octanol–water partition coefficient (Wildman–Crippen LogP) is -0.549. The van der Waals surface area contributed by atoms with Crippen molar-refractivity contribution in [1.29, 1.82) is 0 Å². The molecule has 0 aromatic heterocycles. The molecule has 0 aliphatic carbocycles. The van der Waals surface area contributed by atoms with Crippen LogP contribution in [-0.4, -0.2) is 25.1 Å². The highest BCUT2D eigenvalue weighted by molar-refractivity contribution is 5.95. The summed E-state index contributed by atoms with van der Waals surface area (Å²) in [7, 11) is 3.00. The normalized spacial score (nSPS) is 13.8. The van der Waals surface area contributed by atoms with E-state index < -0.39 is 0 Å². The average Bonchev–Trinajstić information content (AvgIpc) is 2.66. The molecule has 0 aromatic carbocycles. The van der Waals surface area contributed by atoms with Gasteiger partial charge in [-0.1, -0.05) is 0 Å². The Balaban J connectivity index is 2.41. The highest BCUT2D eigenvalue weighted by atomic mass is 16.7. The van der Waals surface area contributed by atoms with Crippen molar-refractivity contribution >= 4 is 5.91 Å². The van der Waals surface area contributed by atoms with E-state index in [2.05, 4.69) is 10.2 Å². The Labute approximate surface area is 53.0 Å². The zero-order valence-electron chi connectivity index (χ0n) is 5.34. The molecule has 9 heavy (non-hydrogen) atoms. The minimum Gasteiger partial charge on any atom is -0.354 e. The molecule has 1 amide bonds. The van der Waals surface area contributed by atoms with Gasteiger partial charge < -0.3 is 5.32 Å². The number of rotatable bonds is 2. The van der Waals surface area contributed by atoms with E-state index in [0.29, 0.717) is 5.70 Å². The van der Waals surface area contributed by atoms with E-state index in [4.69, 9.17) is 0 Å². The first-order chi connectivity index (χ1) is 4.25. The lowest BCUT2D eigenvalue weighted by molar-refractivity contribution is -0.163. The zero-order valence-corrected chi connectivity index (χ0v) is 5.34. The molecule has 0 fully saturated rings. The quantitative estimate of drug-likeness (QED) is 0.508. The van der Waals surface area contributed by atoms with Crippen molar-refractivity contribution < 1.29 is 9.63 Å². The predicted molar refractivity (Wildman–Crippen MR) is 31.0 cm³/mol. The van der Waals surface area contributed by atoms with Gasteiger partial charge in [0.2, 0.25) is 0 Å². The molecule has 4 heteroatoms. The van der Waals surface area contributed by atoms with Gasteiger partial charge in [-0.15, -0.1) is 0 Å². The second kappa shape index (κ2) is 2.06. The molecule has 1 N–H and O–H groups in total. The van der Waals surface area contributed by atoms with Gasteiger partial charge in [-0.3, -0.25) is 9.63 Å². The minimum atomic E-state index is -0.141. The first kappa shape index (κ1) is 6.10. The van der Waals surface area contributed by atoms with Gasteiger partial charge in [-0.2, -0.15) is 0 Å². The summed E-state index contributed by atoms with van der Waals surface area (Å²) in [5, 5.41) is 3.83. The van der Waals surface area contributed by atoms with Crippen LogP contribution in [0.15, 0.2) is 11.9 Å². The number of likely N-dealkylation sites (N-methyl/N-ethyl adjacent to an activating group) is 1. The van der Waals surface area contributed by atoms with E-state index in [0.717, 1.165) is 5.06 Å². The molecular weight excluding hydrogens is 120 g/mol. The van der Waals surface area contributed by atoms with E-state index in [-0.39, 0.29) is 5.91 Å². The smallest absolute Gasteiger partial charge is 0.295 e. The maximum atomic E-state index is 10.8. The fourth-order valence-corrected chi connectivity index (χ4v) is 0.412. The zero-order chi connectivity index (χ0) is 6.85. The summed E-state index contributed by atoms with van der Waals surface area (Å²) in [6.07, 6.45) is 1.62. The Morgan fingerprint density at radius 2 is 2.44 bits per heavy atom. The van der Waals surface area contributed by atoms with Crippen molar-refractivity contribution in [3.63, 3.8) is 0 Å². The fourth-order valence-electron chi connectivity index (χ4n) is 0.412. The van der Waals surface area contributed by atoms with Crippen molar-refractivity contribution in [2.45, 2.75) is 0 Å². The van der Waals surface area contributed by atoms with Gasteiger partial charge in [0, 0.05) is 13.2 Å². The molecule has 1 heterocycles. The van der Waals surface area contributed by atoms with Crippen LogP contribution in [0.1, 0.15) is 0 Å². The third-order valence-corrected chi connectivity index (χ3v) is 1.08. The maximum absolute atomic E-state index is 10.8. The monoisotopic (exact) mass is 128 g/mol. The highest BCUT2D eigenvalue weighted by Crippen LogP contribution is 2.04. The molecule has 0 unspecified atom stereocenters. The van der Waals surface area contributed by atoms with Crippen LogP contribution in [0.2, 0.25) is 0 Å². The minimum absolute atomic E-state index is 0.141. The molecular formula is C5H8N2O2. The van der Waals surface area contributed by atoms with Crippen molar-refractivity contribution in [2.75, 3.05) is 14.2 Å². The first-order valence-corrected chi connectivity index (χ1v) is 2.54. The van der Waals surface area contributed by atoms with Gasteiger partial charge >= 0.3 is 0 Å². The number of hydrogen-bond acceptors (Lipinski definition) is 3. The summed E-state index contributed by atoms with van der Waals surface area (Å²) < 4.78 is 0. The van der Waals surface area contributed by atoms with E-state index in [1.807, 2.05) is 0 Å². The van der Waals surface area contributed by atoms with Crippen LogP contribution in [0, 0.1) is 0 Å². The Morgan fingerprint density at radius 3 is 2.78 bits per heavy atom. The van der Waals surface area contributed by atoms with E-state index >= 15 is 0 Å². The maximum Gasteiger partial charge on any atom is 0.295 e. The summed E-state index contributed by atoms with van der Waals surface area (Å²) in [5.74, 6) is -0.141. The van der Waals surface area contributed by atoms with Crippen molar-refractivity contribution in [3.8, 4) is 0 Å². The van der Waals surface area contributed by atoms with Crippen LogP contribution in [0.5, 0.6) is 0 Å². The number of amides is 1. The van der Waals surface area contributed by atoms with Crippen LogP contribution < -0.4 is 5.32 Å². The summed E-state index contributed by atoms with van der Waals surface area (Å²) in [4.78, 5) is 15.4. The summed E-state index contributed by atoms with van der Waals surface area (Å²) >= 11 is 0. The summed E-state index contributed by atoms with van der Waals surface area (Å²) in [5.41, 5.74) is 0.597.